The fourth-order valence-corrected chi connectivity index (χ4v) is 3.91. The molecule has 0 unspecified atom stereocenters. The van der Waals surface area contributed by atoms with Gasteiger partial charge in [0.1, 0.15) is 10.6 Å². The number of rotatable bonds is 7. The minimum Gasteiger partial charge on any atom is -0.492 e. The van der Waals surface area contributed by atoms with E-state index >= 15 is 0 Å². The monoisotopic (exact) mass is 393 g/mol. The molecule has 0 spiro atoms. The molecule has 3 N–H and O–H groups in total. The zero-order valence-corrected chi connectivity index (χ0v) is 15.7. The first-order chi connectivity index (χ1) is 11.5. The van der Waals surface area contributed by atoms with Crippen LogP contribution in [0.5, 0.6) is 5.75 Å². The van der Waals surface area contributed by atoms with Crippen molar-refractivity contribution in [2.45, 2.75) is 18.2 Å². The first kappa shape index (κ1) is 21.7. The molecule has 1 fully saturated rings. The number of hydrogen-bond acceptors (Lipinski definition) is 6. The number of nitrogens with zero attached hydrogens (tertiary/aromatic N) is 1. The van der Waals surface area contributed by atoms with Crippen molar-refractivity contribution in [1.82, 2.24) is 4.31 Å². The Morgan fingerprint density at radius 1 is 1.36 bits per heavy atom. The van der Waals surface area contributed by atoms with Gasteiger partial charge in [0.25, 0.3) is 0 Å². The zero-order valence-electron chi connectivity index (χ0n) is 14.1. The molecule has 1 aliphatic heterocycles. The lowest BCUT2D eigenvalue weighted by molar-refractivity contribution is -0.116. The van der Waals surface area contributed by atoms with E-state index in [1.54, 1.807) is 19.1 Å². The highest BCUT2D eigenvalue weighted by Gasteiger charge is 2.29. The number of benzene rings is 1. The average Bonchev–Trinajstić information content (AvgIpc) is 2.57. The van der Waals surface area contributed by atoms with Crippen molar-refractivity contribution in [2.75, 3.05) is 44.8 Å². The van der Waals surface area contributed by atoms with Gasteiger partial charge in [-0.25, -0.2) is 8.42 Å². The number of carbonyl (C=O) groups excluding carboxylic acids is 1. The van der Waals surface area contributed by atoms with E-state index in [1.165, 1.54) is 10.4 Å². The summed E-state index contributed by atoms with van der Waals surface area (Å²) >= 11 is 0. The fourth-order valence-electron chi connectivity index (χ4n) is 2.34. The van der Waals surface area contributed by atoms with Crippen LogP contribution in [-0.2, 0) is 19.6 Å². The molecule has 8 nitrogen and oxygen atoms in total. The fraction of sp³-hybridized carbons (Fsp3) is 0.533. The molecule has 0 bridgehead atoms. The second-order valence-corrected chi connectivity index (χ2v) is 7.10. The van der Waals surface area contributed by atoms with Crippen molar-refractivity contribution < 1.29 is 22.7 Å². The molecule has 1 amide bonds. The van der Waals surface area contributed by atoms with Crippen molar-refractivity contribution in [2.24, 2.45) is 5.73 Å². The standard InChI is InChI=1S/C15H23N3O5S.ClH/c1-2-23-13-4-3-12(17-15(19)5-6-16)11-14(13)24(20,21)18-7-9-22-10-8-18;/h3-4,11H,2,5-10,16H2,1H3,(H,17,19);1H. The second kappa shape index (κ2) is 9.93. The Kier molecular flexibility index (Phi) is 8.60. The predicted molar refractivity (Wildman–Crippen MR) is 96.7 cm³/mol. The van der Waals surface area contributed by atoms with Gasteiger partial charge in [-0.3, -0.25) is 4.79 Å². The van der Waals surface area contributed by atoms with Gasteiger partial charge >= 0.3 is 0 Å². The Balaban J connectivity index is 0.00000312. The lowest BCUT2D eigenvalue weighted by atomic mass is 10.3. The number of amides is 1. The first-order valence-corrected chi connectivity index (χ1v) is 9.27. The van der Waals surface area contributed by atoms with Gasteiger partial charge in [-0.1, -0.05) is 0 Å². The molecular weight excluding hydrogens is 370 g/mol. The highest BCUT2D eigenvalue weighted by molar-refractivity contribution is 7.89. The second-order valence-electron chi connectivity index (χ2n) is 5.20. The summed E-state index contributed by atoms with van der Waals surface area (Å²) in [4.78, 5) is 11.7. The Morgan fingerprint density at radius 2 is 2.04 bits per heavy atom. The third-order valence-corrected chi connectivity index (χ3v) is 5.41. The number of sulfonamides is 1. The Morgan fingerprint density at radius 3 is 2.64 bits per heavy atom. The van der Waals surface area contributed by atoms with E-state index in [1.807, 2.05) is 0 Å². The first-order valence-electron chi connectivity index (χ1n) is 7.83. The van der Waals surface area contributed by atoms with Gasteiger partial charge in [0.05, 0.1) is 19.8 Å². The lowest BCUT2D eigenvalue weighted by Gasteiger charge is -2.27. The lowest BCUT2D eigenvalue weighted by Crippen LogP contribution is -2.40. The van der Waals surface area contributed by atoms with E-state index in [9.17, 15) is 13.2 Å². The number of nitrogens with one attached hydrogen (secondary N) is 1. The maximum Gasteiger partial charge on any atom is 0.246 e. The molecular formula is C15H24ClN3O5S. The number of halogens is 1. The van der Waals surface area contributed by atoms with Crippen LogP contribution in [0, 0.1) is 0 Å². The predicted octanol–water partition coefficient (Wildman–Crippen LogP) is 0.815. The Labute approximate surface area is 154 Å². The van der Waals surface area contributed by atoms with E-state index < -0.39 is 10.0 Å². The van der Waals surface area contributed by atoms with Crippen LogP contribution in [0.2, 0.25) is 0 Å². The average molecular weight is 394 g/mol. The van der Waals surface area contributed by atoms with Crippen molar-refractivity contribution in [3.63, 3.8) is 0 Å². The molecule has 25 heavy (non-hydrogen) atoms. The normalized spacial score (nSPS) is 15.3. The Hall–Kier alpha value is -1.39. The third-order valence-electron chi connectivity index (χ3n) is 3.49. The van der Waals surface area contributed by atoms with Gasteiger partial charge < -0.3 is 20.5 Å². The summed E-state index contributed by atoms with van der Waals surface area (Å²) in [5, 5.41) is 2.65. The Bertz CT molecular complexity index is 678. The van der Waals surface area contributed by atoms with E-state index in [0.717, 1.165) is 0 Å². The molecule has 142 valence electrons. The number of hydrogen-bond donors (Lipinski definition) is 2. The van der Waals surface area contributed by atoms with Crippen LogP contribution in [-0.4, -0.2) is 58.1 Å². The maximum atomic E-state index is 12.9. The van der Waals surface area contributed by atoms with Gasteiger partial charge in [-0.05, 0) is 25.1 Å². The summed E-state index contributed by atoms with van der Waals surface area (Å²) in [5.41, 5.74) is 5.74. The van der Waals surface area contributed by atoms with Crippen molar-refractivity contribution >= 4 is 34.0 Å². The maximum absolute atomic E-state index is 12.9. The van der Waals surface area contributed by atoms with E-state index in [0.29, 0.717) is 25.5 Å². The minimum absolute atomic E-state index is 0. The molecule has 0 saturated carbocycles. The highest BCUT2D eigenvalue weighted by atomic mass is 35.5. The van der Waals surface area contributed by atoms with E-state index in [-0.39, 0.29) is 55.0 Å². The largest absolute Gasteiger partial charge is 0.492 e. The van der Waals surface area contributed by atoms with Crippen molar-refractivity contribution in [3.05, 3.63) is 18.2 Å². The van der Waals surface area contributed by atoms with Crippen molar-refractivity contribution in [1.29, 1.82) is 0 Å². The number of anilines is 1. The topological polar surface area (TPSA) is 111 Å². The van der Waals surface area contributed by atoms with Crippen LogP contribution in [0.3, 0.4) is 0 Å². The van der Waals surface area contributed by atoms with Gasteiger partial charge in [-0.15, -0.1) is 12.4 Å². The minimum atomic E-state index is -3.73. The van der Waals surface area contributed by atoms with Gasteiger partial charge in [0.15, 0.2) is 0 Å². The van der Waals surface area contributed by atoms with Crippen LogP contribution in [0.1, 0.15) is 13.3 Å². The molecule has 1 aromatic rings. The third kappa shape index (κ3) is 5.55. The number of morpholine rings is 1. The molecule has 0 atom stereocenters. The quantitative estimate of drug-likeness (QED) is 0.709. The summed E-state index contributed by atoms with van der Waals surface area (Å²) in [6.45, 7) is 3.63. The van der Waals surface area contributed by atoms with Crippen LogP contribution in [0.4, 0.5) is 5.69 Å². The molecule has 0 aliphatic carbocycles. The number of nitrogens with two attached hydrogens (primary N) is 1. The van der Waals surface area contributed by atoms with Crippen LogP contribution >= 0.6 is 12.4 Å². The van der Waals surface area contributed by atoms with Crippen LogP contribution < -0.4 is 15.8 Å². The molecule has 1 saturated heterocycles. The molecule has 2 rings (SSSR count). The molecule has 0 aromatic heterocycles. The molecule has 1 aromatic carbocycles. The molecule has 0 radical (unpaired) electrons. The zero-order chi connectivity index (χ0) is 17.6. The van der Waals surface area contributed by atoms with E-state index in [2.05, 4.69) is 5.32 Å². The SMILES string of the molecule is CCOc1ccc(NC(=O)CCN)cc1S(=O)(=O)N1CCOCC1.Cl. The van der Waals surface area contributed by atoms with Crippen LogP contribution in [0.15, 0.2) is 23.1 Å². The molecule has 1 heterocycles. The van der Waals surface area contributed by atoms with Gasteiger partial charge in [0, 0.05) is 31.7 Å². The summed E-state index contributed by atoms with van der Waals surface area (Å²) < 4.78 is 37.8. The summed E-state index contributed by atoms with van der Waals surface area (Å²) in [6, 6.07) is 4.58. The number of ether oxygens (including phenoxy) is 2. The van der Waals surface area contributed by atoms with Crippen LogP contribution in [0.25, 0.3) is 0 Å². The van der Waals surface area contributed by atoms with Gasteiger partial charge in [-0.2, -0.15) is 4.31 Å². The van der Waals surface area contributed by atoms with Crippen molar-refractivity contribution in [3.8, 4) is 5.75 Å². The molecule has 10 heteroatoms. The van der Waals surface area contributed by atoms with Gasteiger partial charge in [0.2, 0.25) is 15.9 Å². The summed E-state index contributed by atoms with van der Waals surface area (Å²) in [6.07, 6.45) is 0.165. The molecule has 1 aliphatic rings. The smallest absolute Gasteiger partial charge is 0.246 e. The number of carbonyl (C=O) groups is 1. The highest BCUT2D eigenvalue weighted by Crippen LogP contribution is 2.30. The van der Waals surface area contributed by atoms with E-state index in [4.69, 9.17) is 15.2 Å². The summed E-state index contributed by atoms with van der Waals surface area (Å²) in [7, 11) is -3.73. The summed E-state index contributed by atoms with van der Waals surface area (Å²) in [5.74, 6) is -0.00260.